The highest BCUT2D eigenvalue weighted by atomic mass is 35.5. The van der Waals surface area contributed by atoms with Gasteiger partial charge >= 0.3 is 0 Å². The Morgan fingerprint density at radius 3 is 2.76 bits per heavy atom. The minimum absolute atomic E-state index is 0.270. The summed E-state index contributed by atoms with van der Waals surface area (Å²) < 4.78 is 12.5. The first kappa shape index (κ1) is 20.4. The van der Waals surface area contributed by atoms with Crippen LogP contribution >= 0.6 is 11.6 Å². The molecule has 0 fully saturated rings. The predicted octanol–water partition coefficient (Wildman–Crippen LogP) is 3.76. The summed E-state index contributed by atoms with van der Waals surface area (Å²) in [5, 5.41) is 8.97. The van der Waals surface area contributed by atoms with Crippen molar-refractivity contribution in [3.05, 3.63) is 76.6 Å². The van der Waals surface area contributed by atoms with Crippen molar-refractivity contribution in [2.45, 2.75) is 13.5 Å². The Balaban J connectivity index is 1.64. The molecule has 0 aliphatic heterocycles. The normalized spacial score (nSPS) is 10.9. The summed E-state index contributed by atoms with van der Waals surface area (Å²) in [6, 6.07) is 14.5. The molecule has 0 saturated heterocycles. The molecule has 2 aromatic carbocycles. The third-order valence-electron chi connectivity index (χ3n) is 4.02. The molecule has 1 aromatic heterocycles. The molecule has 8 heteroatoms. The van der Waals surface area contributed by atoms with Crippen LogP contribution in [0, 0.1) is 0 Å². The maximum Gasteiger partial charge on any atom is 0.291 e. The average molecular weight is 413 g/mol. The van der Waals surface area contributed by atoms with Gasteiger partial charge in [-0.3, -0.25) is 9.48 Å². The second kappa shape index (κ2) is 9.75. The lowest BCUT2D eigenvalue weighted by Gasteiger charge is -2.08. The Morgan fingerprint density at radius 2 is 2.03 bits per heavy atom. The van der Waals surface area contributed by atoms with Crippen molar-refractivity contribution in [3.8, 4) is 11.5 Å². The first-order chi connectivity index (χ1) is 14.1. The lowest BCUT2D eigenvalue weighted by atomic mass is 10.2. The molecule has 1 N–H and O–H groups in total. The van der Waals surface area contributed by atoms with E-state index in [4.69, 9.17) is 21.1 Å². The summed E-state index contributed by atoms with van der Waals surface area (Å²) in [6.07, 6.45) is 3.25. The van der Waals surface area contributed by atoms with Crippen LogP contribution in [0.5, 0.6) is 11.5 Å². The van der Waals surface area contributed by atoms with Crippen molar-refractivity contribution in [1.29, 1.82) is 0 Å². The number of amides is 1. The molecule has 0 bridgehead atoms. The Morgan fingerprint density at radius 1 is 1.24 bits per heavy atom. The molecule has 7 nitrogen and oxygen atoms in total. The Bertz CT molecular complexity index is 999. The van der Waals surface area contributed by atoms with E-state index < -0.39 is 5.91 Å². The van der Waals surface area contributed by atoms with Crippen LogP contribution in [0.4, 0.5) is 0 Å². The van der Waals surface area contributed by atoms with Crippen LogP contribution in [0.25, 0.3) is 0 Å². The van der Waals surface area contributed by atoms with Gasteiger partial charge in [0.1, 0.15) is 11.5 Å². The molecule has 29 heavy (non-hydrogen) atoms. The van der Waals surface area contributed by atoms with Crippen molar-refractivity contribution < 1.29 is 14.3 Å². The van der Waals surface area contributed by atoms with Gasteiger partial charge in [0, 0.05) is 16.8 Å². The van der Waals surface area contributed by atoms with E-state index in [9.17, 15) is 4.79 Å². The fourth-order valence-corrected chi connectivity index (χ4v) is 2.73. The number of nitrogens with zero attached hydrogens (tertiary/aromatic N) is 3. The Kier molecular flexibility index (Phi) is 6.86. The molecule has 0 atom stereocenters. The minimum atomic E-state index is -0.406. The van der Waals surface area contributed by atoms with Gasteiger partial charge in [-0.15, -0.1) is 0 Å². The van der Waals surface area contributed by atoms with Crippen molar-refractivity contribution in [3.63, 3.8) is 0 Å². The van der Waals surface area contributed by atoms with E-state index in [2.05, 4.69) is 15.6 Å². The summed E-state index contributed by atoms with van der Waals surface area (Å²) in [5.41, 5.74) is 4.48. The van der Waals surface area contributed by atoms with Gasteiger partial charge < -0.3 is 9.47 Å². The highest BCUT2D eigenvalue weighted by Crippen LogP contribution is 2.22. The highest BCUT2D eigenvalue weighted by molar-refractivity contribution is 6.30. The molecule has 0 aliphatic rings. The number of carbonyl (C=O) groups is 1. The lowest BCUT2D eigenvalue weighted by molar-refractivity contribution is 0.0949. The summed E-state index contributed by atoms with van der Waals surface area (Å²) in [7, 11) is 1.58. The average Bonchev–Trinajstić information content (AvgIpc) is 3.19. The number of hydrogen-bond acceptors (Lipinski definition) is 5. The summed E-state index contributed by atoms with van der Waals surface area (Å²) in [5.74, 6) is 0.915. The predicted molar refractivity (Wildman–Crippen MR) is 112 cm³/mol. The minimum Gasteiger partial charge on any atom is -0.497 e. The zero-order valence-corrected chi connectivity index (χ0v) is 16.9. The largest absolute Gasteiger partial charge is 0.497 e. The Hall–Kier alpha value is -3.32. The van der Waals surface area contributed by atoms with Gasteiger partial charge in [0.15, 0.2) is 5.69 Å². The summed E-state index contributed by atoms with van der Waals surface area (Å²) >= 11 is 5.89. The maximum atomic E-state index is 12.3. The number of methoxy groups -OCH3 is 1. The quantitative estimate of drug-likeness (QED) is 0.451. The number of hydrazone groups is 1. The van der Waals surface area contributed by atoms with Gasteiger partial charge in [0.05, 0.1) is 26.5 Å². The molecule has 0 radical (unpaired) electrons. The molecule has 3 rings (SSSR count). The van der Waals surface area contributed by atoms with Gasteiger partial charge in [0.25, 0.3) is 5.91 Å². The van der Waals surface area contributed by atoms with Gasteiger partial charge in [-0.2, -0.15) is 10.2 Å². The first-order valence-corrected chi connectivity index (χ1v) is 9.39. The molecule has 0 saturated carbocycles. The summed E-state index contributed by atoms with van der Waals surface area (Å²) in [4.78, 5) is 12.3. The van der Waals surface area contributed by atoms with Crippen molar-refractivity contribution in [2.75, 3.05) is 13.7 Å². The van der Waals surface area contributed by atoms with Crippen LogP contribution in [0.15, 0.2) is 59.8 Å². The van der Waals surface area contributed by atoms with E-state index in [0.717, 1.165) is 5.56 Å². The standard InChI is InChI=1S/C21H21ClN4O3/c1-3-29-20-9-8-18(28-2)12-16(20)13-23-24-21(27)19-10-11-26(25-19)14-15-4-6-17(22)7-5-15/h4-13H,3,14H2,1-2H3,(H,24,27). The van der Waals surface area contributed by atoms with E-state index in [1.165, 1.54) is 6.21 Å². The molecule has 0 aliphatic carbocycles. The van der Waals surface area contributed by atoms with Crippen molar-refractivity contribution >= 4 is 23.7 Å². The topological polar surface area (TPSA) is 77.7 Å². The van der Waals surface area contributed by atoms with Crippen LogP contribution in [0.2, 0.25) is 5.02 Å². The number of carbonyl (C=O) groups excluding carboxylic acids is 1. The van der Waals surface area contributed by atoms with E-state index in [1.54, 1.807) is 42.3 Å². The zero-order chi connectivity index (χ0) is 20.6. The van der Waals surface area contributed by atoms with Crippen LogP contribution in [0.3, 0.4) is 0 Å². The first-order valence-electron chi connectivity index (χ1n) is 9.01. The molecular weight excluding hydrogens is 392 g/mol. The van der Waals surface area contributed by atoms with Crippen LogP contribution < -0.4 is 14.9 Å². The Labute approximate surface area is 173 Å². The smallest absolute Gasteiger partial charge is 0.291 e. The lowest BCUT2D eigenvalue weighted by Crippen LogP contribution is -2.18. The fourth-order valence-electron chi connectivity index (χ4n) is 2.61. The number of nitrogens with one attached hydrogen (secondary N) is 1. The monoisotopic (exact) mass is 412 g/mol. The van der Waals surface area contributed by atoms with Gasteiger partial charge in [0.2, 0.25) is 0 Å². The van der Waals surface area contributed by atoms with Gasteiger partial charge in [-0.25, -0.2) is 5.43 Å². The van der Waals surface area contributed by atoms with E-state index in [0.29, 0.717) is 35.2 Å². The molecule has 3 aromatic rings. The molecule has 1 heterocycles. The van der Waals surface area contributed by atoms with E-state index in [-0.39, 0.29) is 5.69 Å². The fraction of sp³-hybridized carbons (Fsp3) is 0.190. The summed E-state index contributed by atoms with van der Waals surface area (Å²) in [6.45, 7) is 2.95. The number of aromatic nitrogens is 2. The number of ether oxygens (including phenoxy) is 2. The van der Waals surface area contributed by atoms with E-state index >= 15 is 0 Å². The van der Waals surface area contributed by atoms with Crippen LogP contribution in [0.1, 0.15) is 28.5 Å². The van der Waals surface area contributed by atoms with Crippen LogP contribution in [-0.4, -0.2) is 35.6 Å². The third kappa shape index (κ3) is 5.58. The highest BCUT2D eigenvalue weighted by Gasteiger charge is 2.09. The van der Waals surface area contributed by atoms with Gasteiger partial charge in [-0.1, -0.05) is 23.7 Å². The van der Waals surface area contributed by atoms with Crippen LogP contribution in [-0.2, 0) is 6.54 Å². The van der Waals surface area contributed by atoms with Crippen molar-refractivity contribution in [1.82, 2.24) is 15.2 Å². The van der Waals surface area contributed by atoms with Crippen molar-refractivity contribution in [2.24, 2.45) is 5.10 Å². The second-order valence-electron chi connectivity index (χ2n) is 6.06. The maximum absolute atomic E-state index is 12.3. The molecule has 150 valence electrons. The second-order valence-corrected chi connectivity index (χ2v) is 6.50. The van der Waals surface area contributed by atoms with E-state index in [1.807, 2.05) is 31.2 Å². The molecule has 1 amide bonds. The molecule has 0 unspecified atom stereocenters. The SMILES string of the molecule is CCOc1ccc(OC)cc1C=NNC(=O)c1ccn(Cc2ccc(Cl)cc2)n1. The zero-order valence-electron chi connectivity index (χ0n) is 16.1. The number of rotatable bonds is 8. The number of hydrogen-bond donors (Lipinski definition) is 1. The van der Waals surface area contributed by atoms with Gasteiger partial charge in [-0.05, 0) is 48.9 Å². The molecular formula is C21H21ClN4O3. The molecule has 0 spiro atoms. The number of benzene rings is 2. The number of halogens is 1. The third-order valence-corrected chi connectivity index (χ3v) is 4.27.